The zero-order valence-corrected chi connectivity index (χ0v) is 11.8. The van der Waals surface area contributed by atoms with Gasteiger partial charge in [0.05, 0.1) is 0 Å². The molecule has 0 fully saturated rings. The number of hydrogen-bond donors (Lipinski definition) is 1. The molecule has 0 bridgehead atoms. The van der Waals surface area contributed by atoms with Crippen molar-refractivity contribution in [2.75, 3.05) is 6.54 Å². The van der Waals surface area contributed by atoms with Gasteiger partial charge in [-0.1, -0.05) is 34.6 Å². The Morgan fingerprint density at radius 1 is 1.24 bits per heavy atom. The molecule has 0 amide bonds. The molecular formula is C15H26N2. The molecule has 0 spiro atoms. The Hall–Kier alpha value is -0.890. The Kier molecular flexibility index (Phi) is 5.13. The lowest BCUT2D eigenvalue weighted by Crippen LogP contribution is -2.45. The second-order valence-electron chi connectivity index (χ2n) is 5.45. The van der Waals surface area contributed by atoms with Crippen LogP contribution < -0.4 is 5.32 Å². The molecule has 0 aromatic carbocycles. The highest BCUT2D eigenvalue weighted by molar-refractivity contribution is 5.18. The van der Waals surface area contributed by atoms with Crippen LogP contribution in [0.4, 0.5) is 0 Å². The minimum atomic E-state index is 0.304. The maximum Gasteiger partial charge on any atom is 0.0270 e. The molecule has 0 aliphatic rings. The molecule has 0 radical (unpaired) electrons. The molecule has 2 nitrogen and oxygen atoms in total. The number of aromatic nitrogens is 1. The van der Waals surface area contributed by atoms with Gasteiger partial charge in [0.2, 0.25) is 0 Å². The third-order valence-electron chi connectivity index (χ3n) is 3.91. The number of nitrogens with zero attached hydrogens (tertiary/aromatic N) is 1. The molecule has 1 aromatic rings. The lowest BCUT2D eigenvalue weighted by Gasteiger charge is -2.38. The summed E-state index contributed by atoms with van der Waals surface area (Å²) in [6.45, 7) is 12.5. The maximum atomic E-state index is 4.10. The van der Waals surface area contributed by atoms with Crippen molar-refractivity contribution in [1.29, 1.82) is 0 Å². The van der Waals surface area contributed by atoms with E-state index < -0.39 is 0 Å². The lowest BCUT2D eigenvalue weighted by atomic mass is 9.74. The summed E-state index contributed by atoms with van der Waals surface area (Å²) in [4.78, 5) is 4.10. The van der Waals surface area contributed by atoms with E-state index >= 15 is 0 Å². The first-order chi connectivity index (χ1) is 8.03. The van der Waals surface area contributed by atoms with Gasteiger partial charge in [-0.15, -0.1) is 0 Å². The SMILES string of the molecule is CCNC(C(C)c1ccncc1)C(C)(C)CC. The standard InChI is InChI=1S/C15H26N2/c1-6-15(4,5)14(17-7-2)12(3)13-8-10-16-11-9-13/h8-12,14,17H,6-7H2,1-5H3. The molecule has 1 aromatic heterocycles. The molecular weight excluding hydrogens is 208 g/mol. The zero-order chi connectivity index (χ0) is 12.9. The summed E-state index contributed by atoms with van der Waals surface area (Å²) in [7, 11) is 0. The number of pyridine rings is 1. The number of likely N-dealkylation sites (N-methyl/N-ethyl adjacent to an activating group) is 1. The fourth-order valence-corrected chi connectivity index (χ4v) is 2.43. The highest BCUT2D eigenvalue weighted by Crippen LogP contribution is 2.34. The second-order valence-corrected chi connectivity index (χ2v) is 5.45. The molecule has 0 saturated heterocycles. The highest BCUT2D eigenvalue weighted by atomic mass is 14.9. The van der Waals surface area contributed by atoms with Crippen molar-refractivity contribution >= 4 is 0 Å². The Labute approximate surface area is 106 Å². The van der Waals surface area contributed by atoms with Crippen molar-refractivity contribution in [2.24, 2.45) is 5.41 Å². The predicted octanol–water partition coefficient (Wildman–Crippen LogP) is 3.60. The quantitative estimate of drug-likeness (QED) is 0.813. The molecule has 0 saturated carbocycles. The van der Waals surface area contributed by atoms with E-state index in [4.69, 9.17) is 0 Å². The largest absolute Gasteiger partial charge is 0.313 e. The van der Waals surface area contributed by atoms with Crippen molar-refractivity contribution < 1.29 is 0 Å². The van der Waals surface area contributed by atoms with Gasteiger partial charge in [0.1, 0.15) is 0 Å². The van der Waals surface area contributed by atoms with Crippen LogP contribution in [-0.2, 0) is 0 Å². The summed E-state index contributed by atoms with van der Waals surface area (Å²) < 4.78 is 0. The third kappa shape index (κ3) is 3.53. The van der Waals surface area contributed by atoms with Crippen LogP contribution >= 0.6 is 0 Å². The summed E-state index contributed by atoms with van der Waals surface area (Å²) in [6, 6.07) is 4.75. The number of nitrogens with one attached hydrogen (secondary N) is 1. The first-order valence-electron chi connectivity index (χ1n) is 6.66. The molecule has 1 heterocycles. The molecule has 1 rings (SSSR count). The first-order valence-corrected chi connectivity index (χ1v) is 6.66. The third-order valence-corrected chi connectivity index (χ3v) is 3.91. The van der Waals surface area contributed by atoms with Crippen LogP contribution in [0.2, 0.25) is 0 Å². The van der Waals surface area contributed by atoms with Crippen molar-refractivity contribution in [1.82, 2.24) is 10.3 Å². The van der Waals surface area contributed by atoms with E-state index in [1.165, 1.54) is 12.0 Å². The van der Waals surface area contributed by atoms with Crippen molar-refractivity contribution in [3.8, 4) is 0 Å². The molecule has 96 valence electrons. The van der Waals surface area contributed by atoms with Gasteiger partial charge in [0.25, 0.3) is 0 Å². The fourth-order valence-electron chi connectivity index (χ4n) is 2.43. The second kappa shape index (κ2) is 6.15. The highest BCUT2D eigenvalue weighted by Gasteiger charge is 2.32. The van der Waals surface area contributed by atoms with Crippen LogP contribution in [0.1, 0.15) is 52.5 Å². The van der Waals surface area contributed by atoms with Gasteiger partial charge in [0, 0.05) is 18.4 Å². The van der Waals surface area contributed by atoms with E-state index in [0.29, 0.717) is 17.4 Å². The maximum absolute atomic E-state index is 4.10. The number of rotatable bonds is 6. The van der Waals surface area contributed by atoms with E-state index in [0.717, 1.165) is 6.54 Å². The molecule has 1 N–H and O–H groups in total. The summed E-state index contributed by atoms with van der Waals surface area (Å²) in [5.74, 6) is 0.507. The average molecular weight is 234 g/mol. The summed E-state index contributed by atoms with van der Waals surface area (Å²) in [5, 5.41) is 3.65. The Balaban J connectivity index is 2.92. The van der Waals surface area contributed by atoms with Crippen LogP contribution in [0.3, 0.4) is 0 Å². The molecule has 2 heteroatoms. The van der Waals surface area contributed by atoms with Crippen LogP contribution in [-0.4, -0.2) is 17.6 Å². The van der Waals surface area contributed by atoms with Crippen LogP contribution in [0, 0.1) is 5.41 Å². The molecule has 0 aliphatic carbocycles. The average Bonchev–Trinajstić information content (AvgIpc) is 2.36. The Morgan fingerprint density at radius 3 is 2.29 bits per heavy atom. The summed E-state index contributed by atoms with van der Waals surface area (Å²) in [6.07, 6.45) is 4.95. The van der Waals surface area contributed by atoms with Gasteiger partial charge >= 0.3 is 0 Å². The van der Waals surface area contributed by atoms with Crippen LogP contribution in [0.25, 0.3) is 0 Å². The van der Waals surface area contributed by atoms with Gasteiger partial charge < -0.3 is 5.32 Å². The van der Waals surface area contributed by atoms with Gasteiger partial charge in [0.15, 0.2) is 0 Å². The Bertz CT molecular complexity index is 319. The molecule has 2 atom stereocenters. The summed E-state index contributed by atoms with van der Waals surface area (Å²) in [5.41, 5.74) is 1.67. The van der Waals surface area contributed by atoms with Crippen molar-refractivity contribution in [2.45, 2.75) is 53.0 Å². The molecule has 0 aliphatic heterocycles. The van der Waals surface area contributed by atoms with Crippen LogP contribution in [0.15, 0.2) is 24.5 Å². The van der Waals surface area contributed by atoms with Gasteiger partial charge in [-0.3, -0.25) is 4.98 Å². The summed E-state index contributed by atoms with van der Waals surface area (Å²) >= 11 is 0. The zero-order valence-electron chi connectivity index (χ0n) is 11.8. The van der Waals surface area contributed by atoms with E-state index in [-0.39, 0.29) is 0 Å². The monoisotopic (exact) mass is 234 g/mol. The normalized spacial score (nSPS) is 15.6. The van der Waals surface area contributed by atoms with Gasteiger partial charge in [-0.2, -0.15) is 0 Å². The van der Waals surface area contributed by atoms with E-state index in [1.54, 1.807) is 0 Å². The lowest BCUT2D eigenvalue weighted by molar-refractivity contribution is 0.208. The fraction of sp³-hybridized carbons (Fsp3) is 0.667. The van der Waals surface area contributed by atoms with Crippen molar-refractivity contribution in [3.05, 3.63) is 30.1 Å². The van der Waals surface area contributed by atoms with Gasteiger partial charge in [-0.25, -0.2) is 0 Å². The molecule has 2 unspecified atom stereocenters. The minimum absolute atomic E-state index is 0.304. The first kappa shape index (κ1) is 14.2. The molecule has 17 heavy (non-hydrogen) atoms. The van der Waals surface area contributed by atoms with Crippen molar-refractivity contribution in [3.63, 3.8) is 0 Å². The Morgan fingerprint density at radius 2 is 1.82 bits per heavy atom. The van der Waals surface area contributed by atoms with E-state index in [2.05, 4.69) is 57.1 Å². The van der Waals surface area contributed by atoms with E-state index in [9.17, 15) is 0 Å². The van der Waals surface area contributed by atoms with Gasteiger partial charge in [-0.05, 0) is 42.0 Å². The van der Waals surface area contributed by atoms with Crippen LogP contribution in [0.5, 0.6) is 0 Å². The topological polar surface area (TPSA) is 24.9 Å². The van der Waals surface area contributed by atoms with E-state index in [1.807, 2.05) is 12.4 Å². The minimum Gasteiger partial charge on any atom is -0.313 e. The smallest absolute Gasteiger partial charge is 0.0270 e. The number of hydrogen-bond acceptors (Lipinski definition) is 2. The predicted molar refractivity (Wildman–Crippen MR) is 74.2 cm³/mol.